The first kappa shape index (κ1) is 16.0. The zero-order valence-electron chi connectivity index (χ0n) is 13.6. The predicted molar refractivity (Wildman–Crippen MR) is 83.1 cm³/mol. The minimum atomic E-state index is 0.194. The van der Waals surface area contributed by atoms with Gasteiger partial charge in [0.1, 0.15) is 5.75 Å². The fourth-order valence-electron chi connectivity index (χ4n) is 2.22. The molecule has 2 heteroatoms. The summed E-state index contributed by atoms with van der Waals surface area (Å²) in [5, 5.41) is 3.57. The second-order valence-electron chi connectivity index (χ2n) is 6.69. The Kier molecular flexibility index (Phi) is 5.42. The predicted octanol–water partition coefficient (Wildman–Crippen LogP) is 3.88. The van der Waals surface area contributed by atoms with Crippen molar-refractivity contribution in [2.24, 2.45) is 5.92 Å². The maximum absolute atomic E-state index is 5.37. The van der Waals surface area contributed by atoms with E-state index in [1.807, 2.05) is 0 Å². The number of nitrogens with one attached hydrogen (secondary N) is 1. The van der Waals surface area contributed by atoms with Gasteiger partial charge in [0.25, 0.3) is 0 Å². The summed E-state index contributed by atoms with van der Waals surface area (Å²) in [6, 6.07) is 4.41. The minimum absolute atomic E-state index is 0.194. The van der Waals surface area contributed by atoms with E-state index < -0.39 is 0 Å². The van der Waals surface area contributed by atoms with E-state index in [4.69, 9.17) is 4.74 Å². The number of hydrogen-bond acceptors (Lipinski definition) is 2. The van der Waals surface area contributed by atoms with Crippen molar-refractivity contribution in [2.45, 2.75) is 53.5 Å². The summed E-state index contributed by atoms with van der Waals surface area (Å²) < 4.78 is 5.37. The molecule has 0 radical (unpaired) electrons. The van der Waals surface area contributed by atoms with Crippen molar-refractivity contribution in [1.29, 1.82) is 0 Å². The Hall–Kier alpha value is -1.02. The lowest BCUT2D eigenvalue weighted by molar-refractivity contribution is 0.381. The highest BCUT2D eigenvalue weighted by atomic mass is 16.5. The van der Waals surface area contributed by atoms with Crippen molar-refractivity contribution in [3.8, 4) is 5.75 Å². The van der Waals surface area contributed by atoms with E-state index in [-0.39, 0.29) is 5.54 Å². The molecule has 19 heavy (non-hydrogen) atoms. The molecular formula is C17H29NO. The van der Waals surface area contributed by atoms with Crippen molar-refractivity contribution in [3.63, 3.8) is 0 Å². The molecule has 0 amide bonds. The third-order valence-electron chi connectivity index (χ3n) is 3.40. The van der Waals surface area contributed by atoms with Crippen LogP contribution in [0.4, 0.5) is 0 Å². The second kappa shape index (κ2) is 6.42. The number of benzene rings is 1. The topological polar surface area (TPSA) is 21.3 Å². The van der Waals surface area contributed by atoms with Gasteiger partial charge in [-0.25, -0.2) is 0 Å². The van der Waals surface area contributed by atoms with Crippen LogP contribution in [0.5, 0.6) is 5.75 Å². The average molecular weight is 263 g/mol. The highest BCUT2D eigenvalue weighted by Crippen LogP contribution is 2.24. The van der Waals surface area contributed by atoms with Gasteiger partial charge >= 0.3 is 0 Å². The summed E-state index contributed by atoms with van der Waals surface area (Å²) in [5.41, 5.74) is 4.17. The van der Waals surface area contributed by atoms with Crippen molar-refractivity contribution in [1.82, 2.24) is 5.32 Å². The van der Waals surface area contributed by atoms with Crippen molar-refractivity contribution in [3.05, 3.63) is 28.8 Å². The summed E-state index contributed by atoms with van der Waals surface area (Å²) >= 11 is 0. The largest absolute Gasteiger partial charge is 0.496 e. The van der Waals surface area contributed by atoms with Crippen LogP contribution in [-0.4, -0.2) is 19.2 Å². The standard InChI is InChI=1S/C17H29NO/c1-12(11-18-17(4,5)6)8-15-9-14(3)16(19-7)10-13(15)2/h9-10,12,18H,8,11H2,1-7H3. The molecule has 0 aromatic heterocycles. The van der Waals surface area contributed by atoms with E-state index in [9.17, 15) is 0 Å². The highest BCUT2D eigenvalue weighted by molar-refractivity contribution is 5.41. The van der Waals surface area contributed by atoms with E-state index in [0.717, 1.165) is 18.7 Å². The Bertz CT molecular complexity index is 418. The molecule has 0 bridgehead atoms. The average Bonchev–Trinajstić information content (AvgIpc) is 2.30. The molecule has 1 N–H and O–H groups in total. The molecule has 0 aliphatic heterocycles. The Balaban J connectivity index is 2.69. The smallest absolute Gasteiger partial charge is 0.122 e. The molecule has 1 aromatic carbocycles. The lowest BCUT2D eigenvalue weighted by atomic mass is 9.94. The summed E-state index contributed by atoms with van der Waals surface area (Å²) in [6.07, 6.45) is 1.11. The number of methoxy groups -OCH3 is 1. The van der Waals surface area contributed by atoms with Crippen LogP contribution in [0.3, 0.4) is 0 Å². The monoisotopic (exact) mass is 263 g/mol. The maximum Gasteiger partial charge on any atom is 0.122 e. The molecule has 1 aromatic rings. The van der Waals surface area contributed by atoms with Gasteiger partial charge in [0.15, 0.2) is 0 Å². The minimum Gasteiger partial charge on any atom is -0.496 e. The summed E-state index contributed by atoms with van der Waals surface area (Å²) in [4.78, 5) is 0. The lowest BCUT2D eigenvalue weighted by Gasteiger charge is -2.24. The van der Waals surface area contributed by atoms with Crippen LogP contribution in [0.25, 0.3) is 0 Å². The maximum atomic E-state index is 5.37. The third-order valence-corrected chi connectivity index (χ3v) is 3.40. The molecule has 108 valence electrons. The van der Waals surface area contributed by atoms with Gasteiger partial charge in [0, 0.05) is 5.54 Å². The van der Waals surface area contributed by atoms with Crippen LogP contribution in [0.2, 0.25) is 0 Å². The second-order valence-corrected chi connectivity index (χ2v) is 6.69. The van der Waals surface area contributed by atoms with E-state index in [1.54, 1.807) is 7.11 Å². The van der Waals surface area contributed by atoms with Crippen LogP contribution in [0.15, 0.2) is 12.1 Å². The zero-order chi connectivity index (χ0) is 14.6. The van der Waals surface area contributed by atoms with Gasteiger partial charge in [-0.05, 0) is 76.3 Å². The van der Waals surface area contributed by atoms with Crippen LogP contribution in [0.1, 0.15) is 44.4 Å². The van der Waals surface area contributed by atoms with E-state index in [2.05, 4.69) is 59.0 Å². The van der Waals surface area contributed by atoms with Crippen LogP contribution >= 0.6 is 0 Å². The van der Waals surface area contributed by atoms with Gasteiger partial charge in [-0.1, -0.05) is 13.0 Å². The molecule has 0 heterocycles. The fourth-order valence-corrected chi connectivity index (χ4v) is 2.22. The van der Waals surface area contributed by atoms with Crippen molar-refractivity contribution >= 4 is 0 Å². The molecule has 0 saturated carbocycles. The Morgan fingerprint density at radius 2 is 1.79 bits per heavy atom. The summed E-state index contributed by atoms with van der Waals surface area (Å²) in [5.74, 6) is 1.62. The third kappa shape index (κ3) is 5.23. The number of rotatable bonds is 5. The first-order valence-electron chi connectivity index (χ1n) is 7.12. The van der Waals surface area contributed by atoms with Gasteiger partial charge < -0.3 is 10.1 Å². The van der Waals surface area contributed by atoms with Crippen LogP contribution in [-0.2, 0) is 6.42 Å². The summed E-state index contributed by atoms with van der Waals surface area (Å²) in [7, 11) is 1.73. The molecular weight excluding hydrogens is 234 g/mol. The molecule has 0 aliphatic rings. The van der Waals surface area contributed by atoms with Gasteiger partial charge in [-0.3, -0.25) is 0 Å². The summed E-state index contributed by atoms with van der Waals surface area (Å²) in [6.45, 7) is 14.3. The number of ether oxygens (including phenoxy) is 1. The molecule has 0 fully saturated rings. The molecule has 0 saturated heterocycles. The first-order chi connectivity index (χ1) is 8.73. The normalized spacial score (nSPS) is 13.4. The van der Waals surface area contributed by atoms with Crippen molar-refractivity contribution < 1.29 is 4.74 Å². The Morgan fingerprint density at radius 3 is 2.32 bits per heavy atom. The SMILES string of the molecule is COc1cc(C)c(CC(C)CNC(C)(C)C)cc1C. The Labute approximate surface area is 118 Å². The molecule has 1 unspecified atom stereocenters. The van der Waals surface area contributed by atoms with Gasteiger partial charge in [0.05, 0.1) is 7.11 Å². The van der Waals surface area contributed by atoms with E-state index >= 15 is 0 Å². The van der Waals surface area contributed by atoms with Gasteiger partial charge in [-0.15, -0.1) is 0 Å². The fraction of sp³-hybridized carbons (Fsp3) is 0.647. The highest BCUT2D eigenvalue weighted by Gasteiger charge is 2.13. The quantitative estimate of drug-likeness (QED) is 0.870. The van der Waals surface area contributed by atoms with Gasteiger partial charge in [0.2, 0.25) is 0 Å². The number of aryl methyl sites for hydroxylation is 2. The first-order valence-corrected chi connectivity index (χ1v) is 7.12. The molecule has 1 atom stereocenters. The van der Waals surface area contributed by atoms with Crippen molar-refractivity contribution in [2.75, 3.05) is 13.7 Å². The van der Waals surface area contributed by atoms with Gasteiger partial charge in [-0.2, -0.15) is 0 Å². The zero-order valence-corrected chi connectivity index (χ0v) is 13.6. The molecule has 2 nitrogen and oxygen atoms in total. The van der Waals surface area contributed by atoms with Crippen LogP contribution < -0.4 is 10.1 Å². The molecule has 0 aliphatic carbocycles. The van der Waals surface area contributed by atoms with E-state index in [1.165, 1.54) is 16.7 Å². The van der Waals surface area contributed by atoms with E-state index in [0.29, 0.717) is 5.92 Å². The molecule has 0 spiro atoms. The molecule has 1 rings (SSSR count). The number of hydrogen-bond donors (Lipinski definition) is 1. The Morgan fingerprint density at radius 1 is 1.16 bits per heavy atom. The lowest BCUT2D eigenvalue weighted by Crippen LogP contribution is -2.39. The van der Waals surface area contributed by atoms with Crippen LogP contribution in [0, 0.1) is 19.8 Å².